The summed E-state index contributed by atoms with van der Waals surface area (Å²) in [6, 6.07) is 0.501. The van der Waals surface area contributed by atoms with Crippen molar-refractivity contribution in [2.24, 2.45) is 5.92 Å². The van der Waals surface area contributed by atoms with E-state index in [1.54, 1.807) is 0 Å². The van der Waals surface area contributed by atoms with E-state index in [9.17, 15) is 4.79 Å². The van der Waals surface area contributed by atoms with E-state index in [0.717, 1.165) is 38.4 Å². The number of hydrogen-bond acceptors (Lipinski definition) is 2. The van der Waals surface area contributed by atoms with Gasteiger partial charge in [-0.25, -0.2) is 0 Å². The highest BCUT2D eigenvalue weighted by Gasteiger charge is 2.36. The van der Waals surface area contributed by atoms with Crippen LogP contribution in [0.4, 0.5) is 0 Å². The smallest absolute Gasteiger partial charge is 0.222 e. The fourth-order valence-corrected chi connectivity index (χ4v) is 3.58. The zero-order valence-electron chi connectivity index (χ0n) is 12.5. The van der Waals surface area contributed by atoms with Gasteiger partial charge in [-0.3, -0.25) is 4.79 Å². The van der Waals surface area contributed by atoms with Crippen LogP contribution in [-0.4, -0.2) is 36.5 Å². The van der Waals surface area contributed by atoms with E-state index in [4.69, 9.17) is 0 Å². The third-order valence-electron chi connectivity index (χ3n) is 4.74. The Morgan fingerprint density at radius 3 is 2.79 bits per heavy atom. The molecule has 0 aromatic heterocycles. The SMILES string of the molecule is CCCCCCCCC(=O)N1CCCC2CNCC21. The summed E-state index contributed by atoms with van der Waals surface area (Å²) in [6.45, 7) is 5.38. The van der Waals surface area contributed by atoms with Gasteiger partial charge in [0.1, 0.15) is 0 Å². The van der Waals surface area contributed by atoms with Crippen molar-refractivity contribution in [1.29, 1.82) is 0 Å². The van der Waals surface area contributed by atoms with E-state index < -0.39 is 0 Å². The van der Waals surface area contributed by atoms with Gasteiger partial charge in [-0.1, -0.05) is 39.0 Å². The monoisotopic (exact) mass is 266 g/mol. The van der Waals surface area contributed by atoms with Gasteiger partial charge in [-0.15, -0.1) is 0 Å². The Morgan fingerprint density at radius 2 is 1.95 bits per heavy atom. The predicted octanol–water partition coefficient (Wildman–Crippen LogP) is 2.95. The molecular weight excluding hydrogens is 236 g/mol. The van der Waals surface area contributed by atoms with E-state index in [2.05, 4.69) is 17.1 Å². The normalized spacial score (nSPS) is 26.5. The lowest BCUT2D eigenvalue weighted by atomic mass is 9.91. The number of carbonyl (C=O) groups excluding carboxylic acids is 1. The number of piperidine rings is 1. The van der Waals surface area contributed by atoms with E-state index in [-0.39, 0.29) is 0 Å². The Bertz CT molecular complexity index is 280. The highest BCUT2D eigenvalue weighted by atomic mass is 16.2. The second-order valence-corrected chi connectivity index (χ2v) is 6.23. The van der Waals surface area contributed by atoms with Crippen LogP contribution in [0.2, 0.25) is 0 Å². The number of unbranched alkanes of at least 4 members (excludes halogenated alkanes) is 5. The fraction of sp³-hybridized carbons (Fsp3) is 0.938. The van der Waals surface area contributed by atoms with Gasteiger partial charge in [0.25, 0.3) is 0 Å². The van der Waals surface area contributed by atoms with E-state index in [0.29, 0.717) is 11.9 Å². The molecule has 0 spiro atoms. The van der Waals surface area contributed by atoms with Crippen LogP contribution >= 0.6 is 0 Å². The molecule has 2 fully saturated rings. The molecule has 0 radical (unpaired) electrons. The summed E-state index contributed by atoms with van der Waals surface area (Å²) < 4.78 is 0. The minimum atomic E-state index is 0.411. The van der Waals surface area contributed by atoms with Crippen molar-refractivity contribution in [1.82, 2.24) is 10.2 Å². The standard InChI is InChI=1S/C16H30N2O/c1-2-3-4-5-6-7-10-16(19)18-11-8-9-14-12-17-13-15(14)18/h14-15,17H,2-13H2,1H3. The van der Waals surface area contributed by atoms with Gasteiger partial charge >= 0.3 is 0 Å². The summed E-state index contributed by atoms with van der Waals surface area (Å²) in [4.78, 5) is 14.5. The summed E-state index contributed by atoms with van der Waals surface area (Å²) in [5.74, 6) is 1.14. The lowest BCUT2D eigenvalue weighted by molar-refractivity contribution is -0.135. The van der Waals surface area contributed by atoms with Crippen molar-refractivity contribution < 1.29 is 4.79 Å². The number of fused-ring (bicyclic) bond motifs is 1. The molecule has 3 nitrogen and oxygen atoms in total. The number of carbonyl (C=O) groups is 1. The van der Waals surface area contributed by atoms with Crippen molar-refractivity contribution >= 4 is 5.91 Å². The maximum absolute atomic E-state index is 12.3. The minimum Gasteiger partial charge on any atom is -0.338 e. The summed E-state index contributed by atoms with van der Waals surface area (Å²) in [5, 5.41) is 3.45. The lowest BCUT2D eigenvalue weighted by Gasteiger charge is -2.37. The first-order valence-electron chi connectivity index (χ1n) is 8.33. The number of nitrogens with one attached hydrogen (secondary N) is 1. The number of nitrogens with zero attached hydrogens (tertiary/aromatic N) is 1. The van der Waals surface area contributed by atoms with Crippen LogP contribution in [0, 0.1) is 5.92 Å². The largest absolute Gasteiger partial charge is 0.338 e. The van der Waals surface area contributed by atoms with Crippen LogP contribution in [0.5, 0.6) is 0 Å². The second-order valence-electron chi connectivity index (χ2n) is 6.23. The Balaban J connectivity index is 1.65. The molecule has 2 saturated heterocycles. The highest BCUT2D eigenvalue weighted by Crippen LogP contribution is 2.27. The average Bonchev–Trinajstić information content (AvgIpc) is 2.90. The summed E-state index contributed by atoms with van der Waals surface area (Å²) in [5.41, 5.74) is 0. The van der Waals surface area contributed by atoms with E-state index in [1.807, 2.05) is 0 Å². The van der Waals surface area contributed by atoms with Gasteiger partial charge in [0, 0.05) is 32.1 Å². The molecule has 0 bridgehead atoms. The number of rotatable bonds is 7. The van der Waals surface area contributed by atoms with Crippen LogP contribution in [0.25, 0.3) is 0 Å². The number of amides is 1. The van der Waals surface area contributed by atoms with Crippen LogP contribution in [0.1, 0.15) is 64.7 Å². The van der Waals surface area contributed by atoms with Gasteiger partial charge < -0.3 is 10.2 Å². The maximum atomic E-state index is 12.3. The van der Waals surface area contributed by atoms with Gasteiger partial charge in [0.2, 0.25) is 5.91 Å². The van der Waals surface area contributed by atoms with Crippen LogP contribution in [0.3, 0.4) is 0 Å². The quantitative estimate of drug-likeness (QED) is 0.719. The molecule has 2 rings (SSSR count). The van der Waals surface area contributed by atoms with Gasteiger partial charge in [0.15, 0.2) is 0 Å². The molecule has 110 valence electrons. The molecule has 0 aromatic rings. The Labute approximate surface area is 118 Å². The van der Waals surface area contributed by atoms with Crippen LogP contribution in [0.15, 0.2) is 0 Å². The molecule has 2 aliphatic rings. The Hall–Kier alpha value is -0.570. The molecule has 2 atom stereocenters. The molecule has 2 aliphatic heterocycles. The zero-order chi connectivity index (χ0) is 13.5. The van der Waals surface area contributed by atoms with Gasteiger partial charge in [-0.05, 0) is 25.2 Å². The first kappa shape index (κ1) is 14.8. The van der Waals surface area contributed by atoms with E-state index >= 15 is 0 Å². The van der Waals surface area contributed by atoms with Crippen molar-refractivity contribution in [2.45, 2.75) is 70.8 Å². The molecule has 2 heterocycles. The van der Waals surface area contributed by atoms with E-state index in [1.165, 1.54) is 44.9 Å². The molecular formula is C16H30N2O. The number of likely N-dealkylation sites (tertiary alicyclic amines) is 1. The average molecular weight is 266 g/mol. The van der Waals surface area contributed by atoms with Crippen molar-refractivity contribution in [3.8, 4) is 0 Å². The zero-order valence-corrected chi connectivity index (χ0v) is 12.5. The van der Waals surface area contributed by atoms with Gasteiger partial charge in [0.05, 0.1) is 0 Å². The molecule has 1 amide bonds. The molecule has 0 aliphatic carbocycles. The minimum absolute atomic E-state index is 0.411. The summed E-state index contributed by atoms with van der Waals surface area (Å²) in [6.07, 6.45) is 10.9. The van der Waals surface area contributed by atoms with Gasteiger partial charge in [-0.2, -0.15) is 0 Å². The van der Waals surface area contributed by atoms with Crippen LogP contribution in [-0.2, 0) is 4.79 Å². The maximum Gasteiger partial charge on any atom is 0.222 e. The lowest BCUT2D eigenvalue weighted by Crippen LogP contribution is -2.48. The van der Waals surface area contributed by atoms with Crippen molar-refractivity contribution in [3.05, 3.63) is 0 Å². The Kier molecular flexibility index (Phi) is 6.15. The molecule has 0 aromatic carbocycles. The first-order valence-corrected chi connectivity index (χ1v) is 8.33. The van der Waals surface area contributed by atoms with Crippen molar-refractivity contribution in [2.75, 3.05) is 19.6 Å². The first-order chi connectivity index (χ1) is 9.33. The third-order valence-corrected chi connectivity index (χ3v) is 4.74. The summed E-state index contributed by atoms with van der Waals surface area (Å²) >= 11 is 0. The third kappa shape index (κ3) is 4.20. The highest BCUT2D eigenvalue weighted by molar-refractivity contribution is 5.76. The fourth-order valence-electron chi connectivity index (χ4n) is 3.58. The Morgan fingerprint density at radius 1 is 1.16 bits per heavy atom. The molecule has 3 heteroatoms. The molecule has 19 heavy (non-hydrogen) atoms. The predicted molar refractivity (Wildman–Crippen MR) is 79.1 cm³/mol. The second kappa shape index (κ2) is 7.88. The summed E-state index contributed by atoms with van der Waals surface area (Å²) in [7, 11) is 0. The van der Waals surface area contributed by atoms with Crippen LogP contribution < -0.4 is 5.32 Å². The molecule has 1 N–H and O–H groups in total. The molecule has 0 saturated carbocycles. The van der Waals surface area contributed by atoms with Crippen molar-refractivity contribution in [3.63, 3.8) is 0 Å². The topological polar surface area (TPSA) is 32.3 Å². The molecule has 2 unspecified atom stereocenters. The number of hydrogen-bond donors (Lipinski definition) is 1.